The summed E-state index contributed by atoms with van der Waals surface area (Å²) in [6, 6.07) is 4.28. The molecule has 0 aliphatic heterocycles. The van der Waals surface area contributed by atoms with Gasteiger partial charge in [0.05, 0.1) is 0 Å². The summed E-state index contributed by atoms with van der Waals surface area (Å²) in [7, 11) is 1.92. The first-order valence-electron chi connectivity index (χ1n) is 5.59. The molecule has 2 atom stereocenters. The lowest BCUT2D eigenvalue weighted by molar-refractivity contribution is 0.0727. The maximum absolute atomic E-state index is 13.6. The normalized spacial score (nSPS) is 27.6. The number of benzene rings is 1. The molecule has 1 N–H and O–H groups in total. The van der Waals surface area contributed by atoms with Crippen LogP contribution in [0.2, 0.25) is 0 Å². The molecule has 1 aromatic rings. The standard InChI is InChI=1S/C13H17F2N/c1-13(2)10(7-12(13)16-3)9-5-4-8(14)6-11(9)15/h4-6,10,12,16H,7H2,1-3H3. The van der Waals surface area contributed by atoms with E-state index in [1.807, 2.05) is 7.05 Å². The van der Waals surface area contributed by atoms with Gasteiger partial charge in [-0.3, -0.25) is 0 Å². The first-order valence-corrected chi connectivity index (χ1v) is 5.59. The van der Waals surface area contributed by atoms with Crippen LogP contribution < -0.4 is 5.32 Å². The zero-order valence-electron chi connectivity index (χ0n) is 9.85. The Morgan fingerprint density at radius 1 is 1.31 bits per heavy atom. The molecule has 88 valence electrons. The van der Waals surface area contributed by atoms with Gasteiger partial charge in [0.2, 0.25) is 0 Å². The summed E-state index contributed by atoms with van der Waals surface area (Å²) in [4.78, 5) is 0. The van der Waals surface area contributed by atoms with Crippen molar-refractivity contribution in [2.24, 2.45) is 5.41 Å². The summed E-state index contributed by atoms with van der Waals surface area (Å²) in [5, 5.41) is 3.23. The van der Waals surface area contributed by atoms with Gasteiger partial charge in [-0.05, 0) is 36.4 Å². The number of hydrogen-bond donors (Lipinski definition) is 1. The van der Waals surface area contributed by atoms with Gasteiger partial charge in [-0.15, -0.1) is 0 Å². The molecule has 1 aromatic carbocycles. The Morgan fingerprint density at radius 2 is 2.00 bits per heavy atom. The highest BCUT2D eigenvalue weighted by molar-refractivity contribution is 5.29. The second-order valence-electron chi connectivity index (χ2n) is 5.12. The fraction of sp³-hybridized carbons (Fsp3) is 0.538. The molecule has 1 aliphatic carbocycles. The fourth-order valence-corrected chi connectivity index (χ4v) is 2.73. The maximum Gasteiger partial charge on any atom is 0.129 e. The first-order chi connectivity index (χ1) is 7.46. The SMILES string of the molecule is CNC1CC(c2ccc(F)cc2F)C1(C)C. The predicted octanol–water partition coefficient (Wildman–Crippen LogP) is 3.07. The van der Waals surface area contributed by atoms with E-state index < -0.39 is 11.6 Å². The molecule has 0 aromatic heterocycles. The highest BCUT2D eigenvalue weighted by Crippen LogP contribution is 2.52. The Balaban J connectivity index is 2.27. The van der Waals surface area contributed by atoms with Crippen LogP contribution in [0.1, 0.15) is 31.7 Å². The summed E-state index contributed by atoms with van der Waals surface area (Å²) >= 11 is 0. The van der Waals surface area contributed by atoms with Crippen molar-refractivity contribution in [3.8, 4) is 0 Å². The molecular weight excluding hydrogens is 208 g/mol. The molecule has 2 unspecified atom stereocenters. The highest BCUT2D eigenvalue weighted by atomic mass is 19.1. The van der Waals surface area contributed by atoms with Gasteiger partial charge >= 0.3 is 0 Å². The van der Waals surface area contributed by atoms with Gasteiger partial charge in [-0.25, -0.2) is 8.78 Å². The molecule has 0 amide bonds. The van der Waals surface area contributed by atoms with Gasteiger partial charge in [0.1, 0.15) is 11.6 Å². The van der Waals surface area contributed by atoms with Crippen molar-refractivity contribution in [3.63, 3.8) is 0 Å². The summed E-state index contributed by atoms with van der Waals surface area (Å²) in [6.45, 7) is 4.23. The minimum absolute atomic E-state index is 0.0212. The smallest absolute Gasteiger partial charge is 0.129 e. The number of hydrogen-bond acceptors (Lipinski definition) is 1. The minimum Gasteiger partial charge on any atom is -0.316 e. The lowest BCUT2D eigenvalue weighted by Gasteiger charge is -2.52. The van der Waals surface area contributed by atoms with Crippen LogP contribution in [0.25, 0.3) is 0 Å². The van der Waals surface area contributed by atoms with Crippen LogP contribution in [-0.2, 0) is 0 Å². The van der Waals surface area contributed by atoms with Gasteiger partial charge in [-0.2, -0.15) is 0 Å². The molecule has 1 nitrogen and oxygen atoms in total. The van der Waals surface area contributed by atoms with Gasteiger partial charge in [0.25, 0.3) is 0 Å². The average Bonchev–Trinajstić information content (AvgIpc) is 2.20. The molecular formula is C13H17F2N. The van der Waals surface area contributed by atoms with E-state index in [1.54, 1.807) is 6.07 Å². The van der Waals surface area contributed by atoms with Crippen molar-refractivity contribution >= 4 is 0 Å². The molecule has 16 heavy (non-hydrogen) atoms. The lowest BCUT2D eigenvalue weighted by Crippen LogP contribution is -2.54. The van der Waals surface area contributed by atoms with Gasteiger partial charge < -0.3 is 5.32 Å². The molecule has 0 spiro atoms. The molecule has 0 saturated heterocycles. The van der Waals surface area contributed by atoms with Crippen LogP contribution in [0.15, 0.2) is 18.2 Å². The second-order valence-corrected chi connectivity index (χ2v) is 5.12. The quantitative estimate of drug-likeness (QED) is 0.815. The summed E-state index contributed by atoms with van der Waals surface area (Å²) in [6.07, 6.45) is 0.909. The van der Waals surface area contributed by atoms with E-state index in [-0.39, 0.29) is 11.3 Å². The molecule has 1 aliphatic rings. The zero-order valence-corrected chi connectivity index (χ0v) is 9.85. The van der Waals surface area contributed by atoms with Crippen LogP contribution in [0.3, 0.4) is 0 Å². The van der Waals surface area contributed by atoms with Gasteiger partial charge in [-0.1, -0.05) is 19.9 Å². The summed E-state index contributed by atoms with van der Waals surface area (Å²) in [5.74, 6) is -0.762. The van der Waals surface area contributed by atoms with Crippen LogP contribution >= 0.6 is 0 Å². The third-order valence-corrected chi connectivity index (χ3v) is 3.95. The Labute approximate surface area is 94.9 Å². The highest BCUT2D eigenvalue weighted by Gasteiger charge is 2.48. The zero-order chi connectivity index (χ0) is 11.9. The van der Waals surface area contributed by atoms with E-state index in [0.29, 0.717) is 11.6 Å². The Hall–Kier alpha value is -0.960. The van der Waals surface area contributed by atoms with Gasteiger partial charge in [0, 0.05) is 12.1 Å². The largest absolute Gasteiger partial charge is 0.316 e. The summed E-state index contributed by atoms with van der Waals surface area (Å²) in [5.41, 5.74) is 0.658. The van der Waals surface area contributed by atoms with Crippen LogP contribution in [-0.4, -0.2) is 13.1 Å². The Morgan fingerprint density at radius 3 is 2.50 bits per heavy atom. The van der Waals surface area contributed by atoms with E-state index in [2.05, 4.69) is 19.2 Å². The topological polar surface area (TPSA) is 12.0 Å². The lowest BCUT2D eigenvalue weighted by atomic mass is 9.56. The van der Waals surface area contributed by atoms with Crippen molar-refractivity contribution in [2.45, 2.75) is 32.2 Å². The van der Waals surface area contributed by atoms with Gasteiger partial charge in [0.15, 0.2) is 0 Å². The molecule has 0 heterocycles. The van der Waals surface area contributed by atoms with Crippen molar-refractivity contribution in [2.75, 3.05) is 7.05 Å². The summed E-state index contributed by atoms with van der Waals surface area (Å²) < 4.78 is 26.5. The molecule has 2 rings (SSSR count). The number of nitrogens with one attached hydrogen (secondary N) is 1. The molecule has 0 radical (unpaired) electrons. The minimum atomic E-state index is -0.511. The van der Waals surface area contributed by atoms with Crippen molar-refractivity contribution in [3.05, 3.63) is 35.4 Å². The van der Waals surface area contributed by atoms with Crippen molar-refractivity contribution < 1.29 is 8.78 Å². The monoisotopic (exact) mass is 225 g/mol. The molecule has 0 bridgehead atoms. The van der Waals surface area contributed by atoms with Crippen LogP contribution in [0.5, 0.6) is 0 Å². The molecule has 1 fully saturated rings. The average molecular weight is 225 g/mol. The van der Waals surface area contributed by atoms with Crippen molar-refractivity contribution in [1.29, 1.82) is 0 Å². The van der Waals surface area contributed by atoms with Crippen molar-refractivity contribution in [1.82, 2.24) is 5.32 Å². The van der Waals surface area contributed by atoms with E-state index in [1.165, 1.54) is 6.07 Å². The van der Waals surface area contributed by atoms with Crippen LogP contribution in [0.4, 0.5) is 8.78 Å². The number of rotatable bonds is 2. The third kappa shape index (κ3) is 1.63. The first kappa shape index (κ1) is 11.5. The number of halogens is 2. The predicted molar refractivity (Wildman–Crippen MR) is 60.3 cm³/mol. The fourth-order valence-electron chi connectivity index (χ4n) is 2.73. The van der Waals surface area contributed by atoms with E-state index >= 15 is 0 Å². The maximum atomic E-state index is 13.6. The van der Waals surface area contributed by atoms with E-state index in [9.17, 15) is 8.78 Å². The Bertz CT molecular complexity index is 401. The van der Waals surface area contributed by atoms with E-state index in [4.69, 9.17) is 0 Å². The molecule has 1 saturated carbocycles. The second kappa shape index (κ2) is 3.81. The Kier molecular flexibility index (Phi) is 2.74. The van der Waals surface area contributed by atoms with E-state index in [0.717, 1.165) is 12.5 Å². The third-order valence-electron chi connectivity index (χ3n) is 3.95. The van der Waals surface area contributed by atoms with Crippen LogP contribution in [0, 0.1) is 17.0 Å². The molecule has 3 heteroatoms.